The average Bonchev–Trinajstić information content (AvgIpc) is 2.62. The lowest BCUT2D eigenvalue weighted by Crippen LogP contribution is -2.36. The lowest BCUT2D eigenvalue weighted by atomic mass is 9.97. The summed E-state index contributed by atoms with van der Waals surface area (Å²) in [5.74, 6) is 0.602. The molecule has 0 aliphatic carbocycles. The molecule has 19 heavy (non-hydrogen) atoms. The van der Waals surface area contributed by atoms with Crippen molar-refractivity contribution in [2.24, 2.45) is 5.41 Å². The fraction of sp³-hybridized carbons (Fsp3) is 0.571. The third kappa shape index (κ3) is 3.42. The quantitative estimate of drug-likeness (QED) is 0.651. The molecule has 0 atom stereocenters. The summed E-state index contributed by atoms with van der Waals surface area (Å²) in [5.41, 5.74) is 8.39. The van der Waals surface area contributed by atoms with Crippen molar-refractivity contribution in [2.75, 3.05) is 30.3 Å². The first-order chi connectivity index (χ1) is 8.88. The number of anilines is 2. The van der Waals surface area contributed by atoms with Gasteiger partial charge >= 0.3 is 0 Å². The Kier molecular flexibility index (Phi) is 4.06. The van der Waals surface area contributed by atoms with Gasteiger partial charge in [-0.25, -0.2) is 4.98 Å². The summed E-state index contributed by atoms with van der Waals surface area (Å²) in [4.78, 5) is 7.23. The van der Waals surface area contributed by atoms with Crippen LogP contribution in [0.5, 0.6) is 0 Å². The van der Waals surface area contributed by atoms with Crippen molar-refractivity contribution in [3.05, 3.63) is 17.8 Å². The Bertz CT molecular complexity index is 479. The second-order valence-corrected chi connectivity index (χ2v) is 6.62. The number of thiocarbonyl (C=S) groups is 1. The molecule has 104 valence electrons. The molecule has 1 aromatic heterocycles. The third-order valence-corrected chi connectivity index (χ3v) is 3.52. The summed E-state index contributed by atoms with van der Waals surface area (Å²) >= 11 is 5.44. The van der Waals surface area contributed by atoms with Crippen LogP contribution in [0, 0.1) is 5.41 Å². The fourth-order valence-corrected chi connectivity index (χ4v) is 2.55. The molecule has 1 aliphatic heterocycles. The smallest absolute Gasteiger partial charge is 0.129 e. The zero-order valence-electron chi connectivity index (χ0n) is 11.9. The summed E-state index contributed by atoms with van der Waals surface area (Å²) in [6.45, 7) is 9.47. The van der Waals surface area contributed by atoms with Crippen LogP contribution in [-0.4, -0.2) is 29.6 Å². The van der Waals surface area contributed by atoms with Crippen LogP contribution in [0.1, 0.15) is 26.3 Å². The molecule has 0 bridgehead atoms. The van der Waals surface area contributed by atoms with E-state index in [2.05, 4.69) is 36.0 Å². The minimum Gasteiger partial charge on any atom is -0.383 e. The number of pyridine rings is 1. The highest BCUT2D eigenvalue weighted by molar-refractivity contribution is 7.80. The van der Waals surface area contributed by atoms with Gasteiger partial charge in [0.05, 0.1) is 10.7 Å². The normalized spacial score (nSPS) is 14.9. The average molecular weight is 278 g/mol. The van der Waals surface area contributed by atoms with Gasteiger partial charge in [-0.05, 0) is 11.5 Å². The highest BCUT2D eigenvalue weighted by Crippen LogP contribution is 2.31. The van der Waals surface area contributed by atoms with E-state index in [-0.39, 0.29) is 0 Å². The molecule has 1 aromatic rings. The van der Waals surface area contributed by atoms with Crippen molar-refractivity contribution in [2.45, 2.75) is 27.2 Å². The third-order valence-electron chi connectivity index (χ3n) is 3.15. The highest BCUT2D eigenvalue weighted by atomic mass is 32.1. The number of hydrogen-bond acceptors (Lipinski definition) is 4. The molecule has 0 unspecified atom stereocenters. The van der Waals surface area contributed by atoms with Gasteiger partial charge in [0, 0.05) is 37.8 Å². The SMILES string of the molecule is CC(C)(C)CNCCN1C(=S)Cc2c1ccnc2N. The van der Waals surface area contributed by atoms with Crippen LogP contribution in [0.25, 0.3) is 0 Å². The van der Waals surface area contributed by atoms with Crippen LogP contribution in [0.15, 0.2) is 12.3 Å². The van der Waals surface area contributed by atoms with Gasteiger partial charge in [0.25, 0.3) is 0 Å². The highest BCUT2D eigenvalue weighted by Gasteiger charge is 2.25. The molecule has 5 heteroatoms. The van der Waals surface area contributed by atoms with Gasteiger partial charge in [-0.1, -0.05) is 33.0 Å². The number of hydrogen-bond donors (Lipinski definition) is 2. The Morgan fingerprint density at radius 3 is 2.89 bits per heavy atom. The van der Waals surface area contributed by atoms with Gasteiger partial charge in [0.2, 0.25) is 0 Å². The summed E-state index contributed by atoms with van der Waals surface area (Å²) in [6, 6.07) is 1.99. The van der Waals surface area contributed by atoms with E-state index in [1.807, 2.05) is 6.07 Å². The van der Waals surface area contributed by atoms with Gasteiger partial charge in [-0.2, -0.15) is 0 Å². The summed E-state index contributed by atoms with van der Waals surface area (Å²) < 4.78 is 0. The minimum absolute atomic E-state index is 0.303. The van der Waals surface area contributed by atoms with Crippen LogP contribution in [0.2, 0.25) is 0 Å². The fourth-order valence-electron chi connectivity index (χ4n) is 2.21. The van der Waals surface area contributed by atoms with Crippen molar-refractivity contribution < 1.29 is 0 Å². The number of fused-ring (bicyclic) bond motifs is 1. The van der Waals surface area contributed by atoms with Gasteiger partial charge < -0.3 is 16.0 Å². The van der Waals surface area contributed by atoms with Crippen LogP contribution < -0.4 is 16.0 Å². The van der Waals surface area contributed by atoms with Gasteiger partial charge in [0.1, 0.15) is 5.82 Å². The Balaban J connectivity index is 1.96. The predicted octanol–water partition coefficient (Wildman–Crippen LogP) is 1.99. The molecule has 0 amide bonds. The second kappa shape index (κ2) is 5.43. The molecule has 0 fully saturated rings. The largest absolute Gasteiger partial charge is 0.383 e. The standard InChI is InChI=1S/C14H22N4S/c1-14(2,3)9-16-6-7-18-11-4-5-17-13(15)10(11)8-12(18)19/h4-5,16H,6-9H2,1-3H3,(H2,15,17). The van der Waals surface area contributed by atoms with Crippen LogP contribution >= 0.6 is 12.2 Å². The zero-order valence-corrected chi connectivity index (χ0v) is 12.7. The number of nitrogen functional groups attached to an aromatic ring is 1. The van der Waals surface area contributed by atoms with E-state index in [1.165, 1.54) is 0 Å². The van der Waals surface area contributed by atoms with Gasteiger partial charge in [0.15, 0.2) is 0 Å². The maximum atomic E-state index is 5.90. The minimum atomic E-state index is 0.303. The van der Waals surface area contributed by atoms with Crippen LogP contribution in [0.3, 0.4) is 0 Å². The summed E-state index contributed by atoms with van der Waals surface area (Å²) in [5, 5.41) is 3.47. The summed E-state index contributed by atoms with van der Waals surface area (Å²) in [7, 11) is 0. The topological polar surface area (TPSA) is 54.2 Å². The van der Waals surface area contributed by atoms with Crippen molar-refractivity contribution in [1.82, 2.24) is 10.3 Å². The maximum absolute atomic E-state index is 5.90. The van der Waals surface area contributed by atoms with E-state index >= 15 is 0 Å². The number of nitrogens with one attached hydrogen (secondary N) is 1. The number of nitrogens with two attached hydrogens (primary N) is 1. The Labute approximate surface area is 120 Å². The maximum Gasteiger partial charge on any atom is 0.129 e. The molecule has 0 saturated carbocycles. The Morgan fingerprint density at radius 2 is 2.21 bits per heavy atom. The van der Waals surface area contributed by atoms with Crippen molar-refractivity contribution in [1.29, 1.82) is 0 Å². The Hall–Kier alpha value is -1.20. The molecular weight excluding hydrogens is 256 g/mol. The first-order valence-corrected chi connectivity index (χ1v) is 7.04. The second-order valence-electron chi connectivity index (χ2n) is 6.15. The molecular formula is C14H22N4S. The van der Waals surface area contributed by atoms with Gasteiger partial charge in [-0.3, -0.25) is 0 Å². The molecule has 0 aromatic carbocycles. The predicted molar refractivity (Wildman–Crippen MR) is 84.6 cm³/mol. The molecule has 4 nitrogen and oxygen atoms in total. The number of nitrogens with zero attached hydrogens (tertiary/aromatic N) is 2. The van der Waals surface area contributed by atoms with Crippen molar-refractivity contribution in [3.8, 4) is 0 Å². The van der Waals surface area contributed by atoms with E-state index in [9.17, 15) is 0 Å². The van der Waals surface area contributed by atoms with E-state index in [0.717, 1.165) is 42.3 Å². The molecule has 0 radical (unpaired) electrons. The first kappa shape index (κ1) is 14.2. The molecule has 1 aliphatic rings. The van der Waals surface area contributed by atoms with E-state index in [4.69, 9.17) is 18.0 Å². The number of rotatable bonds is 4. The van der Waals surface area contributed by atoms with E-state index < -0.39 is 0 Å². The van der Waals surface area contributed by atoms with Crippen molar-refractivity contribution >= 4 is 28.7 Å². The van der Waals surface area contributed by atoms with Crippen LogP contribution in [0.4, 0.5) is 11.5 Å². The molecule has 2 heterocycles. The Morgan fingerprint density at radius 1 is 1.47 bits per heavy atom. The summed E-state index contributed by atoms with van der Waals surface area (Å²) in [6.07, 6.45) is 2.49. The molecule has 3 N–H and O–H groups in total. The van der Waals surface area contributed by atoms with Crippen LogP contribution in [-0.2, 0) is 6.42 Å². The van der Waals surface area contributed by atoms with E-state index in [0.29, 0.717) is 11.2 Å². The molecule has 0 spiro atoms. The molecule has 2 rings (SSSR count). The lowest BCUT2D eigenvalue weighted by Gasteiger charge is -2.22. The first-order valence-electron chi connectivity index (χ1n) is 6.63. The zero-order chi connectivity index (χ0) is 14.0. The van der Waals surface area contributed by atoms with Crippen molar-refractivity contribution in [3.63, 3.8) is 0 Å². The lowest BCUT2D eigenvalue weighted by molar-refractivity contribution is 0.383. The van der Waals surface area contributed by atoms with Gasteiger partial charge in [-0.15, -0.1) is 0 Å². The molecule has 0 saturated heterocycles. The van der Waals surface area contributed by atoms with E-state index in [1.54, 1.807) is 6.20 Å². The monoisotopic (exact) mass is 278 g/mol. The number of aromatic nitrogens is 1.